The van der Waals surface area contributed by atoms with Gasteiger partial charge in [0, 0.05) is 18.3 Å². The Kier molecular flexibility index (Phi) is 3.72. The average molecular weight is 225 g/mol. The lowest BCUT2D eigenvalue weighted by Crippen LogP contribution is -2.15. The number of rotatable bonds is 4. The van der Waals surface area contributed by atoms with Gasteiger partial charge >= 0.3 is 0 Å². The predicted molar refractivity (Wildman–Crippen MR) is 64.3 cm³/mol. The largest absolute Gasteiger partial charge is 0.309 e. The highest BCUT2D eigenvalue weighted by molar-refractivity contribution is 7.09. The maximum atomic E-state index is 4.69. The minimum absolute atomic E-state index is 0.523. The Morgan fingerprint density at radius 1 is 1.60 bits per heavy atom. The molecule has 0 aromatic carbocycles. The van der Waals surface area contributed by atoms with E-state index in [4.69, 9.17) is 4.98 Å². The van der Waals surface area contributed by atoms with E-state index in [1.165, 1.54) is 23.5 Å². The molecule has 0 aliphatic carbocycles. The molecule has 15 heavy (non-hydrogen) atoms. The van der Waals surface area contributed by atoms with Gasteiger partial charge in [0.15, 0.2) is 0 Å². The smallest absolute Gasteiger partial charge is 0.0941 e. The Bertz CT molecular complexity index is 303. The zero-order chi connectivity index (χ0) is 10.7. The number of hydrogen-bond donors (Lipinski definition) is 1. The number of hydrogen-bond acceptors (Lipinski definition) is 4. The SMILES string of the molecule is CN(C)CCc1nc([C@H]2CCCN2)cs1. The molecule has 1 saturated heterocycles. The molecular formula is C11H19N3S. The van der Waals surface area contributed by atoms with Crippen LogP contribution in [0.25, 0.3) is 0 Å². The van der Waals surface area contributed by atoms with Crippen LogP contribution in [0.5, 0.6) is 0 Å². The molecular weight excluding hydrogens is 206 g/mol. The van der Waals surface area contributed by atoms with Crippen molar-refractivity contribution in [2.24, 2.45) is 0 Å². The van der Waals surface area contributed by atoms with Gasteiger partial charge in [0.05, 0.1) is 16.7 Å². The summed E-state index contributed by atoms with van der Waals surface area (Å²) in [6.07, 6.45) is 3.61. The summed E-state index contributed by atoms with van der Waals surface area (Å²) in [4.78, 5) is 6.90. The summed E-state index contributed by atoms with van der Waals surface area (Å²) in [6, 6.07) is 0.523. The molecule has 0 bridgehead atoms. The first-order chi connectivity index (χ1) is 7.25. The summed E-state index contributed by atoms with van der Waals surface area (Å²) >= 11 is 1.80. The first kappa shape index (κ1) is 11.0. The lowest BCUT2D eigenvalue weighted by Gasteiger charge is -2.07. The Morgan fingerprint density at radius 3 is 3.13 bits per heavy atom. The van der Waals surface area contributed by atoms with E-state index in [0.29, 0.717) is 6.04 Å². The van der Waals surface area contributed by atoms with Crippen LogP contribution >= 0.6 is 11.3 Å². The third kappa shape index (κ3) is 3.00. The lowest BCUT2D eigenvalue weighted by molar-refractivity contribution is 0.413. The zero-order valence-electron chi connectivity index (χ0n) is 9.49. The molecule has 0 radical (unpaired) electrons. The standard InChI is InChI=1S/C11H19N3S/c1-14(2)7-5-11-13-10(8-15-11)9-4-3-6-12-9/h8-9,12H,3-7H2,1-2H3/t9-/m1/s1. The molecule has 84 valence electrons. The molecule has 4 heteroatoms. The number of likely N-dealkylation sites (N-methyl/N-ethyl adjacent to an activating group) is 1. The molecule has 1 aliphatic rings. The number of thiazole rings is 1. The van der Waals surface area contributed by atoms with Crippen LogP contribution in [0, 0.1) is 0 Å². The molecule has 0 spiro atoms. The lowest BCUT2D eigenvalue weighted by atomic mass is 10.2. The summed E-state index contributed by atoms with van der Waals surface area (Å²) < 4.78 is 0. The molecule has 0 saturated carbocycles. The fourth-order valence-corrected chi connectivity index (χ4v) is 2.70. The summed E-state index contributed by atoms with van der Waals surface area (Å²) in [5.74, 6) is 0. The van der Waals surface area contributed by atoms with Gasteiger partial charge in [0.1, 0.15) is 0 Å². The summed E-state index contributed by atoms with van der Waals surface area (Å²) in [6.45, 7) is 2.24. The van der Waals surface area contributed by atoms with Gasteiger partial charge in [-0.15, -0.1) is 11.3 Å². The van der Waals surface area contributed by atoms with E-state index in [1.54, 1.807) is 11.3 Å². The Labute approximate surface area is 95.5 Å². The van der Waals surface area contributed by atoms with Gasteiger partial charge < -0.3 is 10.2 Å². The number of nitrogens with zero attached hydrogens (tertiary/aromatic N) is 2. The molecule has 1 aromatic rings. The van der Waals surface area contributed by atoms with Crippen molar-refractivity contribution in [3.8, 4) is 0 Å². The van der Waals surface area contributed by atoms with Gasteiger partial charge in [0.2, 0.25) is 0 Å². The van der Waals surface area contributed by atoms with E-state index < -0.39 is 0 Å². The van der Waals surface area contributed by atoms with E-state index in [0.717, 1.165) is 19.5 Å². The second-order valence-corrected chi connectivity index (χ2v) is 5.31. The van der Waals surface area contributed by atoms with Gasteiger partial charge in [0.25, 0.3) is 0 Å². The highest BCUT2D eigenvalue weighted by Gasteiger charge is 2.18. The molecule has 1 fully saturated rings. The van der Waals surface area contributed by atoms with E-state index in [1.807, 2.05) is 0 Å². The van der Waals surface area contributed by atoms with Crippen molar-refractivity contribution in [3.05, 3.63) is 16.1 Å². The fraction of sp³-hybridized carbons (Fsp3) is 0.727. The minimum Gasteiger partial charge on any atom is -0.309 e. The quantitative estimate of drug-likeness (QED) is 0.845. The van der Waals surface area contributed by atoms with Crippen LogP contribution in [0.15, 0.2) is 5.38 Å². The van der Waals surface area contributed by atoms with E-state index in [-0.39, 0.29) is 0 Å². The van der Waals surface area contributed by atoms with E-state index >= 15 is 0 Å². The maximum absolute atomic E-state index is 4.69. The van der Waals surface area contributed by atoms with Crippen LogP contribution in [0.2, 0.25) is 0 Å². The minimum atomic E-state index is 0.523. The first-order valence-corrected chi connectivity index (χ1v) is 6.46. The van der Waals surface area contributed by atoms with E-state index in [9.17, 15) is 0 Å². The van der Waals surface area contributed by atoms with Crippen molar-refractivity contribution in [1.82, 2.24) is 15.2 Å². The Morgan fingerprint density at radius 2 is 2.47 bits per heavy atom. The molecule has 3 nitrogen and oxygen atoms in total. The molecule has 1 N–H and O–H groups in total. The Hall–Kier alpha value is -0.450. The van der Waals surface area contributed by atoms with Crippen LogP contribution in [-0.4, -0.2) is 37.1 Å². The number of aromatic nitrogens is 1. The third-order valence-corrected chi connectivity index (χ3v) is 3.69. The van der Waals surface area contributed by atoms with Crippen LogP contribution in [0.4, 0.5) is 0 Å². The molecule has 2 heterocycles. The molecule has 1 aromatic heterocycles. The van der Waals surface area contributed by atoms with Gasteiger partial charge in [-0.25, -0.2) is 4.98 Å². The maximum Gasteiger partial charge on any atom is 0.0941 e. The average Bonchev–Trinajstić information content (AvgIpc) is 2.85. The van der Waals surface area contributed by atoms with Gasteiger partial charge in [-0.2, -0.15) is 0 Å². The molecule has 0 amide bonds. The highest BCUT2D eigenvalue weighted by atomic mass is 32.1. The van der Waals surface area contributed by atoms with Crippen LogP contribution < -0.4 is 5.32 Å². The highest BCUT2D eigenvalue weighted by Crippen LogP contribution is 2.24. The molecule has 0 unspecified atom stereocenters. The number of nitrogens with one attached hydrogen (secondary N) is 1. The van der Waals surface area contributed by atoms with Crippen molar-refractivity contribution < 1.29 is 0 Å². The third-order valence-electron chi connectivity index (χ3n) is 2.76. The predicted octanol–water partition coefficient (Wildman–Crippen LogP) is 1.67. The topological polar surface area (TPSA) is 28.2 Å². The normalized spacial score (nSPS) is 21.4. The van der Waals surface area contributed by atoms with Gasteiger partial charge in [-0.1, -0.05) is 0 Å². The summed E-state index contributed by atoms with van der Waals surface area (Å²) in [5, 5.41) is 6.97. The van der Waals surface area contributed by atoms with Crippen LogP contribution in [0.3, 0.4) is 0 Å². The molecule has 1 aliphatic heterocycles. The fourth-order valence-electron chi connectivity index (χ4n) is 1.86. The monoisotopic (exact) mass is 225 g/mol. The van der Waals surface area contributed by atoms with Gasteiger partial charge in [-0.3, -0.25) is 0 Å². The summed E-state index contributed by atoms with van der Waals surface area (Å²) in [7, 11) is 4.21. The van der Waals surface area contributed by atoms with Crippen LogP contribution in [-0.2, 0) is 6.42 Å². The first-order valence-electron chi connectivity index (χ1n) is 5.58. The van der Waals surface area contributed by atoms with Crippen molar-refractivity contribution in [3.63, 3.8) is 0 Å². The summed E-state index contributed by atoms with van der Waals surface area (Å²) in [5.41, 5.74) is 1.26. The van der Waals surface area contributed by atoms with Crippen molar-refractivity contribution in [2.45, 2.75) is 25.3 Å². The van der Waals surface area contributed by atoms with Crippen molar-refractivity contribution in [2.75, 3.05) is 27.2 Å². The molecule has 2 rings (SSSR count). The van der Waals surface area contributed by atoms with Crippen molar-refractivity contribution in [1.29, 1.82) is 0 Å². The zero-order valence-corrected chi connectivity index (χ0v) is 10.3. The Balaban J connectivity index is 1.91. The molecule has 1 atom stereocenters. The second-order valence-electron chi connectivity index (χ2n) is 4.37. The second kappa shape index (κ2) is 5.05. The van der Waals surface area contributed by atoms with Crippen molar-refractivity contribution >= 4 is 11.3 Å². The van der Waals surface area contributed by atoms with Gasteiger partial charge in [-0.05, 0) is 33.5 Å². The van der Waals surface area contributed by atoms with Crippen LogP contribution in [0.1, 0.15) is 29.6 Å². The van der Waals surface area contributed by atoms with E-state index in [2.05, 4.69) is 29.7 Å².